The highest BCUT2D eigenvalue weighted by molar-refractivity contribution is 9.10. The van der Waals surface area contributed by atoms with Crippen molar-refractivity contribution in [3.63, 3.8) is 0 Å². The van der Waals surface area contributed by atoms with Crippen molar-refractivity contribution in [2.75, 3.05) is 5.32 Å². The monoisotopic (exact) mass is 412 g/mol. The summed E-state index contributed by atoms with van der Waals surface area (Å²) in [4.78, 5) is 19.3. The molecule has 0 fully saturated rings. The van der Waals surface area contributed by atoms with Crippen molar-refractivity contribution in [1.29, 1.82) is 0 Å². The van der Waals surface area contributed by atoms with E-state index in [9.17, 15) is 4.79 Å². The van der Waals surface area contributed by atoms with Crippen molar-refractivity contribution in [1.82, 2.24) is 14.6 Å². The van der Waals surface area contributed by atoms with Gasteiger partial charge in [0.1, 0.15) is 5.69 Å². The molecule has 4 rings (SSSR count). The van der Waals surface area contributed by atoms with Gasteiger partial charge in [-0.15, -0.1) is 11.3 Å². The van der Waals surface area contributed by atoms with Crippen LogP contribution in [0.4, 0.5) is 5.69 Å². The first-order chi connectivity index (χ1) is 12.1. The molecule has 25 heavy (non-hydrogen) atoms. The van der Waals surface area contributed by atoms with E-state index in [-0.39, 0.29) is 5.91 Å². The number of pyridine rings is 2. The molecule has 4 aromatic rings. The Hall–Kier alpha value is -2.51. The van der Waals surface area contributed by atoms with Crippen LogP contribution in [0.15, 0.2) is 59.5 Å². The Morgan fingerprint density at radius 3 is 2.92 bits per heavy atom. The minimum absolute atomic E-state index is 0.198. The molecule has 0 aliphatic rings. The predicted octanol–water partition coefficient (Wildman–Crippen LogP) is 4.78. The second-order valence-electron chi connectivity index (χ2n) is 5.50. The Morgan fingerprint density at radius 2 is 2.12 bits per heavy atom. The van der Waals surface area contributed by atoms with Gasteiger partial charge in [0.15, 0.2) is 0 Å². The number of fused-ring (bicyclic) bond motifs is 1. The highest BCUT2D eigenvalue weighted by Crippen LogP contribution is 2.31. The molecule has 1 amide bonds. The maximum absolute atomic E-state index is 12.7. The summed E-state index contributed by atoms with van der Waals surface area (Å²) in [6.07, 6.45) is 5.14. The third-order valence-electron chi connectivity index (χ3n) is 3.76. The number of carbonyl (C=O) groups is 1. The first kappa shape index (κ1) is 16.0. The molecule has 0 saturated heterocycles. The van der Waals surface area contributed by atoms with E-state index in [4.69, 9.17) is 0 Å². The molecule has 0 aliphatic heterocycles. The number of thiophene rings is 1. The average Bonchev–Trinajstić information content (AvgIpc) is 3.21. The van der Waals surface area contributed by atoms with Crippen LogP contribution in [0.25, 0.3) is 16.1 Å². The zero-order valence-corrected chi connectivity index (χ0v) is 15.6. The Balaban J connectivity index is 1.66. The van der Waals surface area contributed by atoms with Crippen molar-refractivity contribution >= 4 is 44.4 Å². The van der Waals surface area contributed by atoms with E-state index in [1.165, 1.54) is 4.88 Å². The Kier molecular flexibility index (Phi) is 4.10. The second-order valence-corrected chi connectivity index (χ2v) is 7.65. The molecule has 7 heteroatoms. The third kappa shape index (κ3) is 3.08. The first-order valence-corrected chi connectivity index (χ1v) is 9.19. The molecule has 0 aliphatic carbocycles. The molecule has 124 valence electrons. The standard InChI is InChI=1S/C18H13BrN4OS/c1-11-4-7-16(25-11)17-14(3-2-8-20-17)22-18(24)12-5-6-15-13(19)9-21-23(15)10-12/h2-10H,1H3,(H,22,24). The molecule has 5 nitrogen and oxygen atoms in total. The van der Waals surface area contributed by atoms with Crippen LogP contribution in [0.3, 0.4) is 0 Å². The molecule has 1 N–H and O–H groups in total. The maximum atomic E-state index is 12.7. The highest BCUT2D eigenvalue weighted by atomic mass is 79.9. The van der Waals surface area contributed by atoms with Gasteiger partial charge >= 0.3 is 0 Å². The minimum atomic E-state index is -0.198. The van der Waals surface area contributed by atoms with Gasteiger partial charge in [0.2, 0.25) is 0 Å². The van der Waals surface area contributed by atoms with Crippen molar-refractivity contribution < 1.29 is 4.79 Å². The van der Waals surface area contributed by atoms with Crippen molar-refractivity contribution in [2.24, 2.45) is 0 Å². The van der Waals surface area contributed by atoms with Crippen LogP contribution >= 0.6 is 27.3 Å². The number of carbonyl (C=O) groups excluding carboxylic acids is 1. The summed E-state index contributed by atoms with van der Waals surface area (Å²) in [5, 5.41) is 7.17. The fourth-order valence-electron chi connectivity index (χ4n) is 2.55. The number of amides is 1. The number of aromatic nitrogens is 3. The summed E-state index contributed by atoms with van der Waals surface area (Å²) in [6.45, 7) is 2.05. The number of rotatable bonds is 3. The molecule has 0 spiro atoms. The van der Waals surface area contributed by atoms with Gasteiger partial charge in [0, 0.05) is 17.3 Å². The van der Waals surface area contributed by atoms with E-state index >= 15 is 0 Å². The van der Waals surface area contributed by atoms with Crippen molar-refractivity contribution in [3.8, 4) is 10.6 Å². The number of nitrogens with one attached hydrogen (secondary N) is 1. The summed E-state index contributed by atoms with van der Waals surface area (Å²) >= 11 is 5.08. The van der Waals surface area contributed by atoms with E-state index in [2.05, 4.69) is 31.3 Å². The molecule has 0 atom stereocenters. The largest absolute Gasteiger partial charge is 0.320 e. The van der Waals surface area contributed by atoms with Gasteiger partial charge in [0.25, 0.3) is 5.91 Å². The van der Waals surface area contributed by atoms with Crippen LogP contribution in [0, 0.1) is 6.92 Å². The summed E-state index contributed by atoms with van der Waals surface area (Å²) in [5.41, 5.74) is 2.90. The Labute approximate surface area is 156 Å². The zero-order chi connectivity index (χ0) is 17.4. The zero-order valence-electron chi connectivity index (χ0n) is 13.2. The Bertz CT molecular complexity index is 1090. The number of aryl methyl sites for hydroxylation is 1. The van der Waals surface area contributed by atoms with Gasteiger partial charge < -0.3 is 5.32 Å². The molecular weight excluding hydrogens is 400 g/mol. The topological polar surface area (TPSA) is 59.3 Å². The van der Waals surface area contributed by atoms with Crippen LogP contribution in [0.5, 0.6) is 0 Å². The molecular formula is C18H13BrN4OS. The third-order valence-corrected chi connectivity index (χ3v) is 5.38. The van der Waals surface area contributed by atoms with E-state index in [1.807, 2.05) is 37.3 Å². The van der Waals surface area contributed by atoms with Gasteiger partial charge in [-0.05, 0) is 59.3 Å². The van der Waals surface area contributed by atoms with E-state index in [0.717, 1.165) is 20.6 Å². The molecule has 0 saturated carbocycles. The number of hydrogen-bond acceptors (Lipinski definition) is 4. The quantitative estimate of drug-likeness (QED) is 0.526. The van der Waals surface area contributed by atoms with Crippen LogP contribution < -0.4 is 5.32 Å². The lowest BCUT2D eigenvalue weighted by Gasteiger charge is -2.09. The van der Waals surface area contributed by atoms with E-state index in [1.54, 1.807) is 40.5 Å². The van der Waals surface area contributed by atoms with Crippen LogP contribution in [-0.2, 0) is 0 Å². The van der Waals surface area contributed by atoms with Gasteiger partial charge in [0.05, 0.1) is 32.3 Å². The fraction of sp³-hybridized carbons (Fsp3) is 0.0556. The van der Waals surface area contributed by atoms with Crippen LogP contribution in [-0.4, -0.2) is 20.5 Å². The SMILES string of the molecule is Cc1ccc(-c2ncccc2NC(=O)c2ccc3c(Br)cnn3c2)s1. The van der Waals surface area contributed by atoms with Gasteiger partial charge in [-0.3, -0.25) is 9.78 Å². The minimum Gasteiger partial charge on any atom is -0.320 e. The summed E-state index contributed by atoms with van der Waals surface area (Å²) < 4.78 is 2.56. The van der Waals surface area contributed by atoms with Gasteiger partial charge in [-0.2, -0.15) is 5.10 Å². The number of anilines is 1. The second kappa shape index (κ2) is 6.42. The fourth-order valence-corrected chi connectivity index (χ4v) is 3.83. The normalized spacial score (nSPS) is 11.0. The summed E-state index contributed by atoms with van der Waals surface area (Å²) in [6, 6.07) is 11.4. The predicted molar refractivity (Wildman–Crippen MR) is 103 cm³/mol. The highest BCUT2D eigenvalue weighted by Gasteiger charge is 2.13. The first-order valence-electron chi connectivity index (χ1n) is 7.58. The number of hydrogen-bond donors (Lipinski definition) is 1. The van der Waals surface area contributed by atoms with Gasteiger partial charge in [-0.1, -0.05) is 0 Å². The average molecular weight is 413 g/mol. The maximum Gasteiger partial charge on any atom is 0.257 e. The van der Waals surface area contributed by atoms with Crippen LogP contribution in [0.1, 0.15) is 15.2 Å². The summed E-state index contributed by atoms with van der Waals surface area (Å²) in [7, 11) is 0. The molecule has 0 bridgehead atoms. The van der Waals surface area contributed by atoms with E-state index < -0.39 is 0 Å². The molecule has 0 radical (unpaired) electrons. The lowest BCUT2D eigenvalue weighted by atomic mass is 10.2. The molecule has 4 aromatic heterocycles. The van der Waals surface area contributed by atoms with Gasteiger partial charge in [-0.25, -0.2) is 4.52 Å². The van der Waals surface area contributed by atoms with Crippen LogP contribution in [0.2, 0.25) is 0 Å². The lowest BCUT2D eigenvalue weighted by molar-refractivity contribution is 0.102. The van der Waals surface area contributed by atoms with E-state index in [0.29, 0.717) is 11.3 Å². The van der Waals surface area contributed by atoms with Crippen molar-refractivity contribution in [2.45, 2.75) is 6.92 Å². The Morgan fingerprint density at radius 1 is 1.24 bits per heavy atom. The van der Waals surface area contributed by atoms with Crippen molar-refractivity contribution in [3.05, 3.63) is 69.9 Å². The number of nitrogens with zero attached hydrogens (tertiary/aromatic N) is 3. The summed E-state index contributed by atoms with van der Waals surface area (Å²) in [5.74, 6) is -0.198. The smallest absolute Gasteiger partial charge is 0.257 e. The lowest BCUT2D eigenvalue weighted by Crippen LogP contribution is -2.13. The molecule has 0 aromatic carbocycles. The molecule has 0 unspecified atom stereocenters. The number of halogens is 1. The molecule has 4 heterocycles.